The molecule has 5 aliphatic carbocycles. The van der Waals surface area contributed by atoms with Gasteiger partial charge in [-0.2, -0.15) is 0 Å². The van der Waals surface area contributed by atoms with E-state index in [0.29, 0.717) is 0 Å². The number of carbonyl (C=O) groups is 1. The first kappa shape index (κ1) is 11.3. The normalized spacial score (nSPS) is 49.1. The van der Waals surface area contributed by atoms with E-state index in [-0.39, 0.29) is 11.3 Å². The van der Waals surface area contributed by atoms with E-state index < -0.39 is 11.5 Å². The summed E-state index contributed by atoms with van der Waals surface area (Å²) in [6.07, 6.45) is 9.39. The van der Waals surface area contributed by atoms with Crippen LogP contribution in [0.25, 0.3) is 0 Å². The molecule has 0 amide bonds. The molecule has 0 aromatic carbocycles. The van der Waals surface area contributed by atoms with Crippen molar-refractivity contribution in [2.45, 2.75) is 56.9 Å². The molecule has 3 nitrogen and oxygen atoms in total. The van der Waals surface area contributed by atoms with Gasteiger partial charge >= 0.3 is 5.97 Å². The largest absolute Gasteiger partial charge is 0.480 e. The lowest BCUT2D eigenvalue weighted by atomic mass is 9.44. The van der Waals surface area contributed by atoms with Crippen molar-refractivity contribution in [2.24, 2.45) is 34.8 Å². The molecule has 0 aromatic heterocycles. The number of aliphatic carboxylic acids is 1. The predicted molar refractivity (Wildman–Crippen MR) is 67.9 cm³/mol. The fourth-order valence-corrected chi connectivity index (χ4v) is 5.99. The van der Waals surface area contributed by atoms with Crippen LogP contribution in [0.4, 0.5) is 0 Å². The molecule has 5 aliphatic rings. The van der Waals surface area contributed by atoms with Crippen molar-refractivity contribution >= 4 is 5.97 Å². The molecule has 1 atom stereocenters. The first-order valence-electron chi connectivity index (χ1n) is 7.56. The van der Waals surface area contributed by atoms with Crippen LogP contribution in [-0.4, -0.2) is 16.6 Å². The van der Waals surface area contributed by atoms with Crippen molar-refractivity contribution in [3.05, 3.63) is 0 Å². The zero-order valence-electron chi connectivity index (χ0n) is 10.9. The fraction of sp³-hybridized carbons (Fsp3) is 0.933. The molecule has 18 heavy (non-hydrogen) atoms. The number of rotatable bonds is 3. The van der Waals surface area contributed by atoms with Crippen molar-refractivity contribution in [1.29, 1.82) is 0 Å². The lowest BCUT2D eigenvalue weighted by molar-refractivity contribution is -0.164. The Morgan fingerprint density at radius 3 is 1.83 bits per heavy atom. The van der Waals surface area contributed by atoms with Crippen molar-refractivity contribution in [3.63, 3.8) is 0 Å². The van der Waals surface area contributed by atoms with Crippen molar-refractivity contribution in [2.75, 3.05) is 0 Å². The Bertz CT molecular complexity index is 366. The Morgan fingerprint density at radius 2 is 1.50 bits per heavy atom. The van der Waals surface area contributed by atoms with Crippen molar-refractivity contribution < 1.29 is 9.90 Å². The highest BCUT2D eigenvalue weighted by molar-refractivity contribution is 5.81. The van der Waals surface area contributed by atoms with Crippen LogP contribution in [0.3, 0.4) is 0 Å². The SMILES string of the molecule is NC(C(=O)O)(C1CC1)C12CC3CC(CC(C3)C1)C2. The van der Waals surface area contributed by atoms with Gasteiger partial charge in [0, 0.05) is 5.41 Å². The molecule has 3 heteroatoms. The lowest BCUT2D eigenvalue weighted by Crippen LogP contribution is -2.67. The van der Waals surface area contributed by atoms with Crippen LogP contribution in [0.15, 0.2) is 0 Å². The molecule has 5 fully saturated rings. The Kier molecular flexibility index (Phi) is 2.07. The minimum absolute atomic E-state index is 0.0608. The summed E-state index contributed by atoms with van der Waals surface area (Å²) in [7, 11) is 0. The van der Waals surface area contributed by atoms with Crippen molar-refractivity contribution in [3.8, 4) is 0 Å². The van der Waals surface area contributed by atoms with Crippen LogP contribution in [0.1, 0.15) is 51.4 Å². The smallest absolute Gasteiger partial charge is 0.324 e. The molecule has 1 unspecified atom stereocenters. The summed E-state index contributed by atoms with van der Waals surface area (Å²) in [6, 6.07) is 0. The molecule has 5 rings (SSSR count). The monoisotopic (exact) mass is 249 g/mol. The molecule has 0 heterocycles. The highest BCUT2D eigenvalue weighted by Gasteiger charge is 2.66. The summed E-state index contributed by atoms with van der Waals surface area (Å²) < 4.78 is 0. The van der Waals surface area contributed by atoms with E-state index in [1.807, 2.05) is 0 Å². The number of hydrogen-bond acceptors (Lipinski definition) is 2. The van der Waals surface area contributed by atoms with E-state index >= 15 is 0 Å². The Labute approximate surface area is 108 Å². The Hall–Kier alpha value is -0.570. The molecule has 100 valence electrons. The third-order valence-corrected chi connectivity index (χ3v) is 6.49. The Balaban J connectivity index is 1.75. The van der Waals surface area contributed by atoms with Gasteiger partial charge in [0.2, 0.25) is 0 Å². The highest BCUT2D eigenvalue weighted by atomic mass is 16.4. The molecular weight excluding hydrogens is 226 g/mol. The standard InChI is InChI=1S/C15H23NO2/c16-15(13(17)18,12-1-2-12)14-6-9-3-10(7-14)5-11(4-9)8-14/h9-12H,1-8,16H2,(H,17,18). The third kappa shape index (κ3) is 1.26. The van der Waals surface area contributed by atoms with E-state index in [9.17, 15) is 9.90 Å². The fourth-order valence-electron chi connectivity index (χ4n) is 5.99. The molecule has 0 radical (unpaired) electrons. The van der Waals surface area contributed by atoms with E-state index in [0.717, 1.165) is 49.9 Å². The van der Waals surface area contributed by atoms with Gasteiger partial charge in [-0.15, -0.1) is 0 Å². The molecule has 0 aromatic rings. The van der Waals surface area contributed by atoms with E-state index in [1.165, 1.54) is 19.3 Å². The average molecular weight is 249 g/mol. The van der Waals surface area contributed by atoms with Gasteiger partial charge in [0.25, 0.3) is 0 Å². The van der Waals surface area contributed by atoms with Gasteiger partial charge in [-0.3, -0.25) is 4.79 Å². The van der Waals surface area contributed by atoms with Crippen LogP contribution in [-0.2, 0) is 4.79 Å². The minimum atomic E-state index is -0.914. The van der Waals surface area contributed by atoms with Gasteiger partial charge in [-0.1, -0.05) is 0 Å². The summed E-state index contributed by atoms with van der Waals surface area (Å²) in [5.41, 5.74) is 5.57. The molecular formula is C15H23NO2. The predicted octanol–water partition coefficient (Wildman–Crippen LogP) is 2.39. The summed E-state index contributed by atoms with van der Waals surface area (Å²) in [4.78, 5) is 11.9. The maximum atomic E-state index is 11.9. The molecule has 0 saturated heterocycles. The summed E-state index contributed by atoms with van der Waals surface area (Å²) >= 11 is 0. The van der Waals surface area contributed by atoms with E-state index in [1.54, 1.807) is 0 Å². The van der Waals surface area contributed by atoms with Gasteiger partial charge < -0.3 is 10.8 Å². The first-order chi connectivity index (χ1) is 8.53. The second kappa shape index (κ2) is 3.30. The van der Waals surface area contributed by atoms with E-state index in [4.69, 9.17) is 5.73 Å². The third-order valence-electron chi connectivity index (χ3n) is 6.49. The zero-order valence-corrected chi connectivity index (χ0v) is 10.9. The van der Waals surface area contributed by atoms with Crippen LogP contribution < -0.4 is 5.73 Å². The number of nitrogens with two attached hydrogens (primary N) is 1. The van der Waals surface area contributed by atoms with Gasteiger partial charge in [0.15, 0.2) is 0 Å². The topological polar surface area (TPSA) is 63.3 Å². The maximum Gasteiger partial charge on any atom is 0.324 e. The lowest BCUT2D eigenvalue weighted by Gasteiger charge is -2.61. The van der Waals surface area contributed by atoms with Crippen LogP contribution in [0, 0.1) is 29.1 Å². The molecule has 0 aliphatic heterocycles. The van der Waals surface area contributed by atoms with Crippen LogP contribution in [0.5, 0.6) is 0 Å². The minimum Gasteiger partial charge on any atom is -0.480 e. The van der Waals surface area contributed by atoms with Gasteiger partial charge in [-0.05, 0) is 75.0 Å². The van der Waals surface area contributed by atoms with E-state index in [2.05, 4.69) is 0 Å². The second-order valence-corrected chi connectivity index (χ2v) is 7.65. The highest BCUT2D eigenvalue weighted by Crippen LogP contribution is 2.66. The molecule has 5 saturated carbocycles. The number of hydrogen-bond donors (Lipinski definition) is 2. The Morgan fingerprint density at radius 1 is 1.06 bits per heavy atom. The van der Waals surface area contributed by atoms with Crippen LogP contribution >= 0.6 is 0 Å². The number of carboxylic acids is 1. The summed E-state index contributed by atoms with van der Waals surface area (Å²) in [6.45, 7) is 0. The quantitative estimate of drug-likeness (QED) is 0.807. The summed E-state index contributed by atoms with van der Waals surface area (Å²) in [5.74, 6) is 1.87. The van der Waals surface area contributed by atoms with Crippen LogP contribution in [0.2, 0.25) is 0 Å². The average Bonchev–Trinajstić information content (AvgIpc) is 3.09. The van der Waals surface area contributed by atoms with Crippen molar-refractivity contribution in [1.82, 2.24) is 0 Å². The molecule has 3 N–H and O–H groups in total. The van der Waals surface area contributed by atoms with Gasteiger partial charge in [-0.25, -0.2) is 0 Å². The number of carboxylic acid groups (broad SMARTS) is 1. The van der Waals surface area contributed by atoms with Gasteiger partial charge in [0.05, 0.1) is 0 Å². The maximum absolute atomic E-state index is 11.9. The first-order valence-corrected chi connectivity index (χ1v) is 7.56. The second-order valence-electron chi connectivity index (χ2n) is 7.65. The zero-order chi connectivity index (χ0) is 12.5. The molecule has 4 bridgehead atoms. The van der Waals surface area contributed by atoms with Gasteiger partial charge in [0.1, 0.15) is 5.54 Å². The molecule has 0 spiro atoms. The summed E-state index contributed by atoms with van der Waals surface area (Å²) in [5, 5.41) is 9.78.